The quantitative estimate of drug-likeness (QED) is 0.667. The zero-order valence-electron chi connectivity index (χ0n) is 13.5. The van der Waals surface area contributed by atoms with Gasteiger partial charge in [-0.15, -0.1) is 0 Å². The fraction of sp³-hybridized carbons (Fsp3) is 0.412. The van der Waals surface area contributed by atoms with Crippen molar-refractivity contribution < 1.29 is 14.3 Å². The van der Waals surface area contributed by atoms with Crippen molar-refractivity contribution >= 4 is 11.6 Å². The van der Waals surface area contributed by atoms with Gasteiger partial charge in [-0.3, -0.25) is 4.79 Å². The van der Waals surface area contributed by atoms with Crippen LogP contribution in [0.5, 0.6) is 11.5 Å². The number of nitriles is 1. The number of benzene rings is 1. The van der Waals surface area contributed by atoms with Gasteiger partial charge in [0.05, 0.1) is 19.9 Å². The normalized spacial score (nSPS) is 14.8. The highest BCUT2D eigenvalue weighted by molar-refractivity contribution is 5.97. The molecule has 0 unspecified atom stereocenters. The van der Waals surface area contributed by atoms with Crippen LogP contribution in [0.15, 0.2) is 30.0 Å². The zero-order chi connectivity index (χ0) is 16.7. The Labute approximate surface area is 136 Å². The van der Waals surface area contributed by atoms with E-state index in [0.29, 0.717) is 30.3 Å². The Kier molecular flexibility index (Phi) is 5.87. The summed E-state index contributed by atoms with van der Waals surface area (Å²) in [5, 5.41) is 12.2. The first-order chi connectivity index (χ1) is 11.2. The molecule has 0 radical (unpaired) electrons. The number of hydrogen-bond donors (Lipinski definition) is 1. The molecule has 1 fully saturated rings. The summed E-state index contributed by atoms with van der Waals surface area (Å²) in [4.78, 5) is 14.1. The second-order valence-electron chi connectivity index (χ2n) is 5.23. The zero-order valence-corrected chi connectivity index (χ0v) is 13.5. The summed E-state index contributed by atoms with van der Waals surface area (Å²) >= 11 is 0. The maximum atomic E-state index is 12.3. The van der Waals surface area contributed by atoms with Gasteiger partial charge in [-0.05, 0) is 31.4 Å². The molecule has 0 aromatic heterocycles. The summed E-state index contributed by atoms with van der Waals surface area (Å²) < 4.78 is 10.4. The minimum absolute atomic E-state index is 0.0878. The predicted octanol–water partition coefficient (Wildman–Crippen LogP) is 2.54. The van der Waals surface area contributed by atoms with Crippen molar-refractivity contribution in [2.75, 3.05) is 32.6 Å². The minimum atomic E-state index is -0.229. The van der Waals surface area contributed by atoms with Crippen LogP contribution >= 0.6 is 0 Å². The van der Waals surface area contributed by atoms with Crippen molar-refractivity contribution in [3.63, 3.8) is 0 Å². The van der Waals surface area contributed by atoms with Crippen LogP contribution in [-0.2, 0) is 4.79 Å². The number of carbonyl (C=O) groups excluding carboxylic acids is 1. The predicted molar refractivity (Wildman–Crippen MR) is 87.3 cm³/mol. The molecule has 1 saturated heterocycles. The van der Waals surface area contributed by atoms with E-state index in [9.17, 15) is 10.1 Å². The van der Waals surface area contributed by atoms with Crippen LogP contribution < -0.4 is 14.8 Å². The smallest absolute Gasteiger partial charge is 0.266 e. The van der Waals surface area contributed by atoms with E-state index in [2.05, 4.69) is 5.32 Å². The molecule has 0 spiro atoms. The van der Waals surface area contributed by atoms with Gasteiger partial charge in [0.25, 0.3) is 5.91 Å². The molecule has 0 saturated carbocycles. The number of nitrogens with zero attached hydrogens (tertiary/aromatic N) is 2. The number of amides is 1. The van der Waals surface area contributed by atoms with Crippen LogP contribution in [0.1, 0.15) is 19.3 Å². The number of anilines is 1. The molecule has 2 rings (SSSR count). The minimum Gasteiger partial charge on any atom is -0.497 e. The van der Waals surface area contributed by atoms with Crippen LogP contribution in [0.2, 0.25) is 0 Å². The molecule has 1 aliphatic heterocycles. The number of nitrogens with one attached hydrogen (secondary N) is 1. The molecule has 0 bridgehead atoms. The third-order valence-corrected chi connectivity index (χ3v) is 3.77. The molecule has 1 aliphatic rings. The van der Waals surface area contributed by atoms with Gasteiger partial charge in [0.2, 0.25) is 0 Å². The van der Waals surface area contributed by atoms with Crippen molar-refractivity contribution in [3.05, 3.63) is 30.0 Å². The van der Waals surface area contributed by atoms with E-state index in [0.717, 1.165) is 19.3 Å². The van der Waals surface area contributed by atoms with Crippen LogP contribution in [0.25, 0.3) is 0 Å². The van der Waals surface area contributed by atoms with E-state index in [-0.39, 0.29) is 11.5 Å². The summed E-state index contributed by atoms with van der Waals surface area (Å²) in [6.07, 6.45) is 4.55. The van der Waals surface area contributed by atoms with Gasteiger partial charge in [-0.2, -0.15) is 5.26 Å². The van der Waals surface area contributed by atoms with Gasteiger partial charge < -0.3 is 19.7 Å². The topological polar surface area (TPSA) is 74.6 Å². The van der Waals surface area contributed by atoms with Crippen molar-refractivity contribution in [2.45, 2.75) is 19.3 Å². The Bertz CT molecular complexity index is 628. The van der Waals surface area contributed by atoms with Gasteiger partial charge >= 0.3 is 0 Å². The van der Waals surface area contributed by atoms with Gasteiger partial charge in [0.1, 0.15) is 23.1 Å². The van der Waals surface area contributed by atoms with Crippen molar-refractivity contribution in [1.29, 1.82) is 5.26 Å². The largest absolute Gasteiger partial charge is 0.497 e. The molecule has 122 valence electrons. The Morgan fingerprint density at radius 1 is 1.26 bits per heavy atom. The fourth-order valence-electron chi connectivity index (χ4n) is 2.48. The maximum absolute atomic E-state index is 12.3. The van der Waals surface area contributed by atoms with Gasteiger partial charge in [0.15, 0.2) is 0 Å². The number of likely N-dealkylation sites (tertiary alicyclic amines) is 1. The lowest BCUT2D eigenvalue weighted by Crippen LogP contribution is -2.36. The Balaban J connectivity index is 2.13. The SMILES string of the molecule is COc1ccc(N/C=C(/C#N)C(=O)N2CCCCC2)c(OC)c1. The van der Waals surface area contributed by atoms with Gasteiger partial charge in [0, 0.05) is 25.4 Å². The average molecular weight is 315 g/mol. The van der Waals surface area contributed by atoms with Crippen LogP contribution in [0, 0.1) is 11.3 Å². The van der Waals surface area contributed by atoms with Crippen LogP contribution in [0.4, 0.5) is 5.69 Å². The molecule has 0 aliphatic carbocycles. The van der Waals surface area contributed by atoms with Crippen molar-refractivity contribution in [3.8, 4) is 17.6 Å². The van der Waals surface area contributed by atoms with E-state index in [1.807, 2.05) is 6.07 Å². The monoisotopic (exact) mass is 315 g/mol. The van der Waals surface area contributed by atoms with Crippen molar-refractivity contribution in [1.82, 2.24) is 4.90 Å². The molecule has 6 nitrogen and oxygen atoms in total. The number of hydrogen-bond acceptors (Lipinski definition) is 5. The summed E-state index contributed by atoms with van der Waals surface area (Å²) in [5.41, 5.74) is 0.747. The van der Waals surface area contributed by atoms with Gasteiger partial charge in [-0.25, -0.2) is 0 Å². The second-order valence-corrected chi connectivity index (χ2v) is 5.23. The Hall–Kier alpha value is -2.68. The molecule has 0 atom stereocenters. The standard InChI is InChI=1S/C17H21N3O3/c1-22-14-6-7-15(16(10-14)23-2)19-12-13(11-18)17(21)20-8-4-3-5-9-20/h6-7,10,12,19H,3-5,8-9H2,1-2H3/b13-12-. The van der Waals surface area contributed by atoms with Crippen LogP contribution in [-0.4, -0.2) is 38.1 Å². The highest BCUT2D eigenvalue weighted by atomic mass is 16.5. The highest BCUT2D eigenvalue weighted by Crippen LogP contribution is 2.29. The Morgan fingerprint density at radius 3 is 2.61 bits per heavy atom. The summed E-state index contributed by atoms with van der Waals surface area (Å²) in [6, 6.07) is 7.25. The fourth-order valence-corrected chi connectivity index (χ4v) is 2.48. The van der Waals surface area contributed by atoms with E-state index in [1.54, 1.807) is 37.3 Å². The molecule has 23 heavy (non-hydrogen) atoms. The second kappa shape index (κ2) is 8.08. The van der Waals surface area contributed by atoms with E-state index in [4.69, 9.17) is 9.47 Å². The molecular weight excluding hydrogens is 294 g/mol. The first-order valence-electron chi connectivity index (χ1n) is 7.57. The number of piperidine rings is 1. The first-order valence-corrected chi connectivity index (χ1v) is 7.57. The van der Waals surface area contributed by atoms with Crippen LogP contribution in [0.3, 0.4) is 0 Å². The number of rotatable bonds is 5. The lowest BCUT2D eigenvalue weighted by molar-refractivity contribution is -0.127. The highest BCUT2D eigenvalue weighted by Gasteiger charge is 2.20. The lowest BCUT2D eigenvalue weighted by atomic mass is 10.1. The molecule has 1 heterocycles. The first kappa shape index (κ1) is 16.7. The van der Waals surface area contributed by atoms with Gasteiger partial charge in [-0.1, -0.05) is 0 Å². The average Bonchev–Trinajstić information content (AvgIpc) is 2.62. The molecule has 1 amide bonds. The molecule has 6 heteroatoms. The Morgan fingerprint density at radius 2 is 2.00 bits per heavy atom. The maximum Gasteiger partial charge on any atom is 0.266 e. The van der Waals surface area contributed by atoms with E-state index < -0.39 is 0 Å². The van der Waals surface area contributed by atoms with E-state index in [1.165, 1.54) is 6.20 Å². The third kappa shape index (κ3) is 4.16. The molecule has 1 aromatic carbocycles. The lowest BCUT2D eigenvalue weighted by Gasteiger charge is -2.26. The van der Waals surface area contributed by atoms with E-state index >= 15 is 0 Å². The summed E-state index contributed by atoms with van der Waals surface area (Å²) in [7, 11) is 3.13. The number of carbonyl (C=O) groups is 1. The number of ether oxygens (including phenoxy) is 2. The summed E-state index contributed by atoms with van der Waals surface area (Å²) in [5.74, 6) is 1.01. The summed E-state index contributed by atoms with van der Waals surface area (Å²) in [6.45, 7) is 1.42. The molecule has 1 N–H and O–H groups in total. The van der Waals surface area contributed by atoms with Crippen molar-refractivity contribution in [2.24, 2.45) is 0 Å². The third-order valence-electron chi connectivity index (χ3n) is 3.77. The number of methoxy groups -OCH3 is 2. The molecular formula is C17H21N3O3. The molecule has 1 aromatic rings.